The third-order valence-electron chi connectivity index (χ3n) is 10.5. The van der Waals surface area contributed by atoms with Crippen LogP contribution in [0.25, 0.3) is 0 Å². The summed E-state index contributed by atoms with van der Waals surface area (Å²) in [5.74, 6) is -0.378. The van der Waals surface area contributed by atoms with E-state index in [1.165, 1.54) is 173 Å². The molecule has 334 valence electrons. The van der Waals surface area contributed by atoms with Crippen molar-refractivity contribution in [1.82, 2.24) is 0 Å². The van der Waals surface area contributed by atoms with Crippen molar-refractivity contribution < 1.29 is 43.0 Å². The number of rotatable bonds is 46. The lowest BCUT2D eigenvalue weighted by molar-refractivity contribution is -0.154. The molecule has 0 aromatic carbocycles. The molecule has 3 unspecified atom stereocenters. The first-order valence-corrected chi connectivity index (χ1v) is 25.2. The van der Waals surface area contributed by atoms with E-state index in [1.807, 2.05) is 0 Å². The fourth-order valence-electron chi connectivity index (χ4n) is 6.82. The largest absolute Gasteiger partial charge is 0.472 e. The van der Waals surface area contributed by atoms with E-state index in [9.17, 15) is 19.4 Å². The summed E-state index contributed by atoms with van der Waals surface area (Å²) >= 11 is 0. The second-order valence-corrected chi connectivity index (χ2v) is 17.6. The lowest BCUT2D eigenvalue weighted by atomic mass is 10.0. The minimum Gasteiger partial charge on any atom is -0.457 e. The van der Waals surface area contributed by atoms with Crippen LogP contribution in [-0.4, -0.2) is 66.3 Å². The number of esters is 1. The molecule has 0 fully saturated rings. The normalized spacial score (nSPS) is 14.0. The van der Waals surface area contributed by atoms with Crippen LogP contribution in [0.5, 0.6) is 0 Å². The molecule has 0 amide bonds. The van der Waals surface area contributed by atoms with Crippen LogP contribution >= 0.6 is 7.82 Å². The van der Waals surface area contributed by atoms with Gasteiger partial charge in [0.05, 0.1) is 26.4 Å². The van der Waals surface area contributed by atoms with E-state index in [0.29, 0.717) is 6.61 Å². The van der Waals surface area contributed by atoms with E-state index < -0.39 is 33.2 Å². The van der Waals surface area contributed by atoms with Crippen molar-refractivity contribution in [2.24, 2.45) is 0 Å². The molecular weight excluding hydrogens is 727 g/mol. The summed E-state index contributed by atoms with van der Waals surface area (Å²) in [6, 6.07) is 0. The number of carbonyl (C=O) groups is 1. The van der Waals surface area contributed by atoms with Gasteiger partial charge >= 0.3 is 13.8 Å². The minimum absolute atomic E-state index is 0.0530. The molecule has 3 atom stereocenters. The number of unbranched alkanes of at least 4 members (excludes halogenated alkanes) is 30. The van der Waals surface area contributed by atoms with E-state index in [1.54, 1.807) is 0 Å². The third kappa shape index (κ3) is 42.8. The Hall–Kier alpha value is -0.800. The van der Waals surface area contributed by atoms with Gasteiger partial charge in [0.25, 0.3) is 0 Å². The first-order chi connectivity index (χ1) is 27.3. The Kier molecular flexibility index (Phi) is 43.1. The second kappa shape index (κ2) is 43.8. The van der Waals surface area contributed by atoms with Gasteiger partial charge < -0.3 is 24.6 Å². The van der Waals surface area contributed by atoms with Gasteiger partial charge in [0, 0.05) is 13.0 Å². The Labute approximate surface area is 345 Å². The number of allylic oxidation sites excluding steroid dienone is 2. The maximum absolute atomic E-state index is 12.6. The first-order valence-electron chi connectivity index (χ1n) is 23.7. The quantitative estimate of drug-likeness (QED) is 0.0238. The van der Waals surface area contributed by atoms with Gasteiger partial charge in [-0.2, -0.15) is 0 Å². The summed E-state index contributed by atoms with van der Waals surface area (Å²) in [5.41, 5.74) is 0. The van der Waals surface area contributed by atoms with E-state index in [4.69, 9.17) is 23.6 Å². The van der Waals surface area contributed by atoms with Crippen LogP contribution in [0.1, 0.15) is 232 Å². The number of aliphatic hydroxyl groups is 2. The highest BCUT2D eigenvalue weighted by atomic mass is 31.2. The zero-order chi connectivity index (χ0) is 41.1. The Morgan fingerprint density at radius 2 is 0.911 bits per heavy atom. The number of ether oxygens (including phenoxy) is 2. The van der Waals surface area contributed by atoms with Crippen LogP contribution in [0.2, 0.25) is 0 Å². The second-order valence-electron chi connectivity index (χ2n) is 16.1. The van der Waals surface area contributed by atoms with E-state index >= 15 is 0 Å². The van der Waals surface area contributed by atoms with Crippen LogP contribution in [0, 0.1) is 0 Å². The summed E-state index contributed by atoms with van der Waals surface area (Å²) in [5, 5.41) is 18.4. The maximum Gasteiger partial charge on any atom is 0.472 e. The van der Waals surface area contributed by atoms with Crippen LogP contribution < -0.4 is 0 Å². The topological polar surface area (TPSA) is 132 Å². The fraction of sp³-hybridized carbons (Fsp3) is 0.935. The van der Waals surface area contributed by atoms with Crippen LogP contribution in [0.3, 0.4) is 0 Å². The smallest absolute Gasteiger partial charge is 0.457 e. The fourth-order valence-corrected chi connectivity index (χ4v) is 7.61. The average molecular weight is 819 g/mol. The Morgan fingerprint density at radius 1 is 0.536 bits per heavy atom. The molecule has 0 aliphatic rings. The Morgan fingerprint density at radius 3 is 1.34 bits per heavy atom. The number of aliphatic hydroxyl groups excluding tert-OH is 2. The van der Waals surface area contributed by atoms with E-state index in [0.717, 1.165) is 38.5 Å². The zero-order valence-electron chi connectivity index (χ0n) is 36.6. The summed E-state index contributed by atoms with van der Waals surface area (Å²) < 4.78 is 33.5. The summed E-state index contributed by atoms with van der Waals surface area (Å²) in [4.78, 5) is 22.6. The van der Waals surface area contributed by atoms with E-state index in [2.05, 4.69) is 26.0 Å². The maximum atomic E-state index is 12.6. The van der Waals surface area contributed by atoms with Crippen molar-refractivity contribution in [1.29, 1.82) is 0 Å². The Balaban J connectivity index is 4.09. The lowest BCUT2D eigenvalue weighted by Gasteiger charge is -2.20. The molecule has 56 heavy (non-hydrogen) atoms. The molecule has 0 rings (SSSR count). The molecule has 3 N–H and O–H groups in total. The van der Waals surface area contributed by atoms with Crippen molar-refractivity contribution >= 4 is 13.8 Å². The highest BCUT2D eigenvalue weighted by Gasteiger charge is 2.26. The molecule has 10 heteroatoms. The predicted molar refractivity (Wildman–Crippen MR) is 233 cm³/mol. The van der Waals surface area contributed by atoms with Crippen molar-refractivity contribution in [3.63, 3.8) is 0 Å². The number of phosphoric ester groups is 1. The van der Waals surface area contributed by atoms with E-state index in [-0.39, 0.29) is 25.6 Å². The highest BCUT2D eigenvalue weighted by molar-refractivity contribution is 7.47. The van der Waals surface area contributed by atoms with Crippen LogP contribution in [0.4, 0.5) is 0 Å². The van der Waals surface area contributed by atoms with Gasteiger partial charge in [0.15, 0.2) is 0 Å². The third-order valence-corrected chi connectivity index (χ3v) is 11.4. The number of hydrogen-bond donors (Lipinski definition) is 3. The molecule has 0 heterocycles. The first kappa shape index (κ1) is 55.2. The van der Waals surface area contributed by atoms with Gasteiger partial charge in [-0.1, -0.05) is 199 Å². The van der Waals surface area contributed by atoms with Gasteiger partial charge in [-0.05, 0) is 38.5 Å². The molecule has 0 bridgehead atoms. The van der Waals surface area contributed by atoms with Gasteiger partial charge in [0.2, 0.25) is 0 Å². The van der Waals surface area contributed by atoms with Crippen molar-refractivity contribution in [2.45, 2.75) is 244 Å². The predicted octanol–water partition coefficient (Wildman–Crippen LogP) is 13.3. The molecule has 0 aromatic heterocycles. The molecule has 9 nitrogen and oxygen atoms in total. The summed E-state index contributed by atoms with van der Waals surface area (Å²) in [6.07, 6.45) is 44.5. The summed E-state index contributed by atoms with van der Waals surface area (Å²) in [7, 11) is -4.51. The minimum atomic E-state index is -4.51. The van der Waals surface area contributed by atoms with Gasteiger partial charge in [-0.25, -0.2) is 4.57 Å². The highest BCUT2D eigenvalue weighted by Crippen LogP contribution is 2.43. The molecule has 0 aromatic rings. The van der Waals surface area contributed by atoms with Crippen LogP contribution in [-0.2, 0) is 27.9 Å². The zero-order valence-corrected chi connectivity index (χ0v) is 37.5. The van der Waals surface area contributed by atoms with Crippen molar-refractivity contribution in [3.05, 3.63) is 12.2 Å². The van der Waals surface area contributed by atoms with Gasteiger partial charge in [0.1, 0.15) is 12.2 Å². The molecular formula is C46H91O9P. The van der Waals surface area contributed by atoms with Crippen molar-refractivity contribution in [2.75, 3.05) is 33.0 Å². The monoisotopic (exact) mass is 819 g/mol. The SMILES string of the molecule is CCCCCCCC/C=C\CCCCCCCCCCOCC(COP(=O)(O)OCC(O)CO)OC(=O)CCCCCCCCCCCCCCCCCCC. The molecule has 0 saturated heterocycles. The average Bonchev–Trinajstić information content (AvgIpc) is 3.19. The lowest BCUT2D eigenvalue weighted by Crippen LogP contribution is -2.29. The molecule has 0 saturated carbocycles. The number of phosphoric acid groups is 1. The number of hydrogen-bond acceptors (Lipinski definition) is 8. The van der Waals surface area contributed by atoms with Crippen LogP contribution in [0.15, 0.2) is 12.2 Å². The number of carbonyl (C=O) groups excluding carboxylic acids is 1. The van der Waals surface area contributed by atoms with Crippen molar-refractivity contribution in [3.8, 4) is 0 Å². The van der Waals surface area contributed by atoms with Gasteiger partial charge in [-0.3, -0.25) is 13.8 Å². The Bertz CT molecular complexity index is 887. The summed E-state index contributed by atoms with van der Waals surface area (Å²) in [6.45, 7) is 3.56. The molecule has 0 radical (unpaired) electrons. The molecule has 0 spiro atoms. The van der Waals surface area contributed by atoms with Gasteiger partial charge in [-0.15, -0.1) is 0 Å². The molecule has 0 aliphatic heterocycles. The molecule has 0 aliphatic carbocycles. The standard InChI is InChI=1S/C46H91O9P/c1-3-5-7-9-11-13-15-17-19-21-23-25-27-29-31-33-35-37-39-52-42-45(43-54-56(50,51)53-41-44(48)40-47)55-46(49)38-36-34-32-30-28-26-24-22-20-18-16-14-12-10-8-6-4-2/h17,19,44-45,47-48H,3-16,18,20-43H2,1-2H3,(H,50,51)/b19-17-.